The molecule has 0 aromatic rings. The van der Waals surface area contributed by atoms with Crippen LogP contribution in [0.1, 0.15) is 32.6 Å². The third kappa shape index (κ3) is 4.61. The van der Waals surface area contributed by atoms with Crippen LogP contribution >= 0.6 is 0 Å². The lowest BCUT2D eigenvalue weighted by Gasteiger charge is -2.26. The van der Waals surface area contributed by atoms with Crippen LogP contribution < -0.4 is 5.32 Å². The number of nitrogens with one attached hydrogen (secondary N) is 1. The topological polar surface area (TPSA) is 64.9 Å². The Balaban J connectivity index is 2.15. The minimum atomic E-state index is 0.0952. The first kappa shape index (κ1) is 13.0. The van der Waals surface area contributed by atoms with Gasteiger partial charge in [0.15, 0.2) is 0 Å². The molecule has 5 nitrogen and oxygen atoms in total. The second kappa shape index (κ2) is 7.22. The van der Waals surface area contributed by atoms with Crippen molar-refractivity contribution in [3.05, 3.63) is 0 Å². The Kier molecular flexibility index (Phi) is 5.85. The molecule has 0 aromatic carbocycles. The average molecular weight is 227 g/mol. The summed E-state index contributed by atoms with van der Waals surface area (Å²) in [5.74, 6) is 0.0952. The van der Waals surface area contributed by atoms with E-state index in [0.717, 1.165) is 51.0 Å². The maximum Gasteiger partial charge on any atom is 0.234 e. The second-order valence-electron chi connectivity index (χ2n) is 4.15. The summed E-state index contributed by atoms with van der Waals surface area (Å²) in [4.78, 5) is 13.6. The van der Waals surface area contributed by atoms with E-state index in [9.17, 15) is 4.79 Å². The summed E-state index contributed by atoms with van der Waals surface area (Å²) in [5.41, 5.74) is 0.836. The van der Waals surface area contributed by atoms with Gasteiger partial charge < -0.3 is 10.5 Å². The highest BCUT2D eigenvalue weighted by molar-refractivity contribution is 5.85. The number of carbonyl (C=O) groups excluding carboxylic acids is 1. The van der Waals surface area contributed by atoms with Gasteiger partial charge in [0.1, 0.15) is 0 Å². The summed E-state index contributed by atoms with van der Waals surface area (Å²) in [5, 5.41) is 14.7. The van der Waals surface area contributed by atoms with Crippen LogP contribution in [0.15, 0.2) is 5.16 Å². The Labute approximate surface area is 96.5 Å². The average Bonchev–Trinajstić information content (AvgIpc) is 2.30. The van der Waals surface area contributed by atoms with Crippen molar-refractivity contribution in [3.63, 3.8) is 0 Å². The lowest BCUT2D eigenvalue weighted by molar-refractivity contribution is -0.122. The molecule has 0 saturated carbocycles. The quantitative estimate of drug-likeness (QED) is 0.415. The number of unbranched alkanes of at least 4 members (excludes halogenated alkanes) is 1. The van der Waals surface area contributed by atoms with E-state index < -0.39 is 0 Å². The normalized spacial score (nSPS) is 17.2. The van der Waals surface area contributed by atoms with Gasteiger partial charge >= 0.3 is 0 Å². The number of piperidine rings is 1. The van der Waals surface area contributed by atoms with Gasteiger partial charge in [-0.2, -0.15) is 0 Å². The van der Waals surface area contributed by atoms with E-state index in [1.807, 2.05) is 0 Å². The van der Waals surface area contributed by atoms with E-state index in [-0.39, 0.29) is 5.91 Å². The van der Waals surface area contributed by atoms with Gasteiger partial charge in [0.25, 0.3) is 0 Å². The molecular weight excluding hydrogens is 206 g/mol. The van der Waals surface area contributed by atoms with Gasteiger partial charge in [0.2, 0.25) is 5.91 Å². The standard InChI is InChI=1S/C11H21N3O2/c1-2-3-6-12-11(15)9-14-7-4-10(13-16)5-8-14/h16H,2-9H2,1H3,(H,12,15). The van der Waals surface area contributed by atoms with Crippen LogP contribution in [0.25, 0.3) is 0 Å². The molecule has 1 heterocycles. The van der Waals surface area contributed by atoms with Crippen molar-refractivity contribution >= 4 is 11.6 Å². The number of hydrogen-bond donors (Lipinski definition) is 2. The summed E-state index contributed by atoms with van der Waals surface area (Å²) in [6.07, 6.45) is 3.66. The third-order valence-corrected chi connectivity index (χ3v) is 2.79. The van der Waals surface area contributed by atoms with Gasteiger partial charge in [-0.25, -0.2) is 0 Å². The molecule has 0 aliphatic carbocycles. The number of nitrogens with zero attached hydrogens (tertiary/aromatic N) is 2. The number of carbonyl (C=O) groups is 1. The Morgan fingerprint density at radius 1 is 1.50 bits per heavy atom. The van der Waals surface area contributed by atoms with Gasteiger partial charge in [-0.15, -0.1) is 0 Å². The predicted octanol–water partition coefficient (Wildman–Crippen LogP) is 0.829. The molecule has 1 aliphatic rings. The van der Waals surface area contributed by atoms with E-state index in [2.05, 4.69) is 22.3 Å². The Morgan fingerprint density at radius 3 is 2.75 bits per heavy atom. The van der Waals surface area contributed by atoms with Gasteiger partial charge in [0, 0.05) is 32.5 Å². The molecule has 0 aromatic heterocycles. The molecule has 0 spiro atoms. The van der Waals surface area contributed by atoms with Crippen LogP contribution in [0.2, 0.25) is 0 Å². The minimum Gasteiger partial charge on any atom is -0.411 e. The first-order chi connectivity index (χ1) is 7.76. The second-order valence-corrected chi connectivity index (χ2v) is 4.15. The summed E-state index contributed by atoms with van der Waals surface area (Å²) >= 11 is 0. The largest absolute Gasteiger partial charge is 0.411 e. The molecule has 1 amide bonds. The zero-order valence-electron chi connectivity index (χ0n) is 9.91. The Bertz CT molecular complexity index is 244. The fourth-order valence-corrected chi connectivity index (χ4v) is 1.73. The minimum absolute atomic E-state index is 0.0952. The summed E-state index contributed by atoms with van der Waals surface area (Å²) in [6.45, 7) is 4.95. The zero-order valence-corrected chi connectivity index (χ0v) is 9.91. The van der Waals surface area contributed by atoms with Gasteiger partial charge in [0.05, 0.1) is 12.3 Å². The van der Waals surface area contributed by atoms with Crippen LogP contribution in [0.5, 0.6) is 0 Å². The molecule has 1 fully saturated rings. The monoisotopic (exact) mass is 227 g/mol. The molecule has 0 unspecified atom stereocenters. The lowest BCUT2D eigenvalue weighted by Crippen LogP contribution is -2.41. The number of amides is 1. The van der Waals surface area contributed by atoms with E-state index in [4.69, 9.17) is 5.21 Å². The first-order valence-corrected chi connectivity index (χ1v) is 5.95. The van der Waals surface area contributed by atoms with Gasteiger partial charge in [-0.3, -0.25) is 9.69 Å². The fraction of sp³-hybridized carbons (Fsp3) is 0.818. The molecule has 1 aliphatic heterocycles. The van der Waals surface area contributed by atoms with Crippen molar-refractivity contribution < 1.29 is 10.0 Å². The molecule has 92 valence electrons. The molecular formula is C11H21N3O2. The SMILES string of the molecule is CCCCNC(=O)CN1CCC(=NO)CC1. The fourth-order valence-electron chi connectivity index (χ4n) is 1.73. The lowest BCUT2D eigenvalue weighted by atomic mass is 10.1. The molecule has 5 heteroatoms. The van der Waals surface area contributed by atoms with Crippen LogP contribution in [-0.2, 0) is 4.79 Å². The number of hydrogen-bond acceptors (Lipinski definition) is 4. The molecule has 0 radical (unpaired) electrons. The molecule has 0 atom stereocenters. The molecule has 2 N–H and O–H groups in total. The summed E-state index contributed by atoms with van der Waals surface area (Å²) < 4.78 is 0. The van der Waals surface area contributed by atoms with Crippen molar-refractivity contribution in [1.82, 2.24) is 10.2 Å². The Hall–Kier alpha value is -1.10. The van der Waals surface area contributed by atoms with Crippen molar-refractivity contribution in [2.45, 2.75) is 32.6 Å². The van der Waals surface area contributed by atoms with Crippen LogP contribution in [0.4, 0.5) is 0 Å². The maximum atomic E-state index is 11.5. The van der Waals surface area contributed by atoms with E-state index in [1.165, 1.54) is 0 Å². The van der Waals surface area contributed by atoms with E-state index in [0.29, 0.717) is 6.54 Å². The maximum absolute atomic E-state index is 11.5. The molecule has 1 saturated heterocycles. The van der Waals surface area contributed by atoms with Crippen molar-refractivity contribution in [2.75, 3.05) is 26.2 Å². The molecule has 16 heavy (non-hydrogen) atoms. The number of oxime groups is 1. The van der Waals surface area contributed by atoms with E-state index in [1.54, 1.807) is 0 Å². The summed E-state index contributed by atoms with van der Waals surface area (Å²) in [7, 11) is 0. The van der Waals surface area contributed by atoms with Crippen molar-refractivity contribution in [3.8, 4) is 0 Å². The summed E-state index contributed by atoms with van der Waals surface area (Å²) in [6, 6.07) is 0. The van der Waals surface area contributed by atoms with Crippen LogP contribution in [-0.4, -0.2) is 47.9 Å². The van der Waals surface area contributed by atoms with E-state index >= 15 is 0 Å². The molecule has 0 bridgehead atoms. The Morgan fingerprint density at radius 2 is 2.19 bits per heavy atom. The van der Waals surface area contributed by atoms with Crippen molar-refractivity contribution in [1.29, 1.82) is 0 Å². The molecule has 1 rings (SSSR count). The third-order valence-electron chi connectivity index (χ3n) is 2.79. The first-order valence-electron chi connectivity index (χ1n) is 5.95. The van der Waals surface area contributed by atoms with Crippen LogP contribution in [0.3, 0.4) is 0 Å². The van der Waals surface area contributed by atoms with Gasteiger partial charge in [-0.1, -0.05) is 18.5 Å². The highest BCUT2D eigenvalue weighted by Gasteiger charge is 2.17. The van der Waals surface area contributed by atoms with Crippen molar-refractivity contribution in [2.24, 2.45) is 5.16 Å². The highest BCUT2D eigenvalue weighted by Crippen LogP contribution is 2.06. The smallest absolute Gasteiger partial charge is 0.234 e. The highest BCUT2D eigenvalue weighted by atomic mass is 16.4. The zero-order chi connectivity index (χ0) is 11.8. The number of rotatable bonds is 5. The predicted molar refractivity (Wildman–Crippen MR) is 62.8 cm³/mol. The number of likely N-dealkylation sites (tertiary alicyclic amines) is 1. The van der Waals surface area contributed by atoms with Crippen LogP contribution in [0, 0.1) is 0 Å². The van der Waals surface area contributed by atoms with Gasteiger partial charge in [-0.05, 0) is 6.42 Å².